The van der Waals surface area contributed by atoms with E-state index in [4.69, 9.17) is 13.9 Å². The summed E-state index contributed by atoms with van der Waals surface area (Å²) in [4.78, 5) is 177. The maximum Gasteiger partial charge on any atom is 0.246 e. The number of hydrogen-bond acceptors (Lipinski definition) is 15. The lowest BCUT2D eigenvalue weighted by Crippen LogP contribution is -2.65. The topological polar surface area (TPSA) is 290 Å². The van der Waals surface area contributed by atoms with E-state index >= 15 is 33.6 Å². The van der Waals surface area contributed by atoms with Crippen LogP contribution in [0, 0.1) is 35.5 Å². The molecule has 4 N–H and O–H groups in total. The van der Waals surface area contributed by atoms with Crippen LogP contribution in [0.15, 0.2) is 12.2 Å². The summed E-state index contributed by atoms with van der Waals surface area (Å²) in [7, 11) is 7.63. The molecule has 0 aromatic rings. The van der Waals surface area contributed by atoms with Gasteiger partial charge in [0.2, 0.25) is 65.0 Å². The minimum atomic E-state index is -2.60. The standard InChI is InChI=1S/C72H132N12O14Si/c1-28-30-33-48(13)61(98-99(25,26)27)60-65(88)75-53(29-2)68(91)77(18)51(16)67(90)82(23)59(52(17)97-37-32-31-34-84-35-38-96-39-36-84)64(87)76-57(46(9)10)71(94)78(19)54(40-43(3)4)63(86)73-49(14)62(85)74-50(15)66(89)79(20)55(41-44(5)6)69(92)80(21)56(42-45(7)8)70(93)81(22)58(47(11)12)72(95)83(60)24/h28,30,43-61H,29,31-42H2,1-27H3,(H,73,86)(H,74,85)(H,75,88)(H,76,87)/b30-28+/t48-,49?,50-,51-,52-,53+,54+,55+,56+,57+,58?,59+,60+,61-/m1/s1. The first-order valence-corrected chi connectivity index (χ1v) is 39.6. The van der Waals surface area contributed by atoms with Gasteiger partial charge in [0.1, 0.15) is 66.5 Å². The van der Waals surface area contributed by atoms with Gasteiger partial charge in [0.25, 0.3) is 0 Å². The Morgan fingerprint density at radius 1 is 0.505 bits per heavy atom. The normalized spacial score (nSPS) is 27.1. The second-order valence-electron chi connectivity index (χ2n) is 30.7. The molecule has 0 bridgehead atoms. The quantitative estimate of drug-likeness (QED) is 0.0631. The summed E-state index contributed by atoms with van der Waals surface area (Å²) in [5.41, 5.74) is 0. The molecule has 11 amide bonds. The predicted octanol–water partition coefficient (Wildman–Crippen LogP) is 4.99. The van der Waals surface area contributed by atoms with E-state index in [0.29, 0.717) is 26.1 Å². The van der Waals surface area contributed by atoms with Crippen molar-refractivity contribution in [3.05, 3.63) is 12.2 Å². The lowest BCUT2D eigenvalue weighted by molar-refractivity contribution is -0.157. The Morgan fingerprint density at radius 3 is 1.47 bits per heavy atom. The monoisotopic (exact) mass is 1420 g/mol. The highest BCUT2D eigenvalue weighted by Gasteiger charge is 2.48. The van der Waals surface area contributed by atoms with Crippen LogP contribution in [0.3, 0.4) is 0 Å². The van der Waals surface area contributed by atoms with Gasteiger partial charge < -0.3 is 69.5 Å². The highest BCUT2D eigenvalue weighted by Crippen LogP contribution is 2.29. The fraction of sp³-hybridized carbons (Fsp3) is 0.819. The second kappa shape index (κ2) is 41.2. The predicted molar refractivity (Wildman–Crippen MR) is 388 cm³/mol. The smallest absolute Gasteiger partial charge is 0.246 e. The molecule has 27 heteroatoms. The molecule has 2 saturated heterocycles. The fourth-order valence-electron chi connectivity index (χ4n) is 12.9. The van der Waals surface area contributed by atoms with Crippen molar-refractivity contribution in [2.24, 2.45) is 35.5 Å². The molecule has 2 heterocycles. The van der Waals surface area contributed by atoms with Crippen molar-refractivity contribution in [3.63, 3.8) is 0 Å². The number of rotatable bonds is 22. The van der Waals surface area contributed by atoms with Crippen LogP contribution in [0.5, 0.6) is 0 Å². The first kappa shape index (κ1) is 89.1. The van der Waals surface area contributed by atoms with Gasteiger partial charge in [0.15, 0.2) is 8.32 Å². The molecule has 0 aromatic heterocycles. The van der Waals surface area contributed by atoms with E-state index in [1.54, 1.807) is 41.5 Å². The molecule has 14 atom stereocenters. The number of unbranched alkanes of at least 4 members (excludes halogenated alkanes) is 1. The largest absolute Gasteiger partial charge is 0.412 e. The Bertz CT molecular complexity index is 2700. The van der Waals surface area contributed by atoms with Gasteiger partial charge in [-0.2, -0.15) is 0 Å². The van der Waals surface area contributed by atoms with Crippen molar-refractivity contribution in [3.8, 4) is 0 Å². The number of carbonyl (C=O) groups is 11. The summed E-state index contributed by atoms with van der Waals surface area (Å²) in [6, 6.07) is -13.8. The molecule has 2 fully saturated rings. The van der Waals surface area contributed by atoms with E-state index < -0.39 is 170 Å². The molecule has 2 aliphatic heterocycles. The Labute approximate surface area is 595 Å². The molecule has 0 saturated carbocycles. The van der Waals surface area contributed by atoms with Gasteiger partial charge in [-0.1, -0.05) is 95.2 Å². The molecule has 0 spiro atoms. The van der Waals surface area contributed by atoms with E-state index in [9.17, 15) is 19.2 Å². The average Bonchev–Trinajstić information content (AvgIpc) is 0.801. The molecule has 26 nitrogen and oxygen atoms in total. The zero-order chi connectivity index (χ0) is 76.0. The summed E-state index contributed by atoms with van der Waals surface area (Å²) in [6.45, 7) is 39.7. The highest BCUT2D eigenvalue weighted by atomic mass is 28.4. The zero-order valence-corrected chi connectivity index (χ0v) is 66.6. The average molecular weight is 1420 g/mol. The van der Waals surface area contributed by atoms with Crippen LogP contribution in [0.4, 0.5) is 0 Å². The van der Waals surface area contributed by atoms with Crippen LogP contribution in [-0.4, -0.2) is 280 Å². The lowest BCUT2D eigenvalue weighted by atomic mass is 9.91. The van der Waals surface area contributed by atoms with E-state index in [1.807, 2.05) is 87.2 Å². The molecule has 0 aliphatic carbocycles. The Kier molecular flexibility index (Phi) is 37.0. The van der Waals surface area contributed by atoms with Gasteiger partial charge in [0.05, 0.1) is 25.4 Å². The first-order chi connectivity index (χ1) is 45.9. The van der Waals surface area contributed by atoms with Crippen LogP contribution >= 0.6 is 0 Å². The number of nitrogens with one attached hydrogen (secondary N) is 4. The van der Waals surface area contributed by atoms with Crippen molar-refractivity contribution in [2.45, 2.75) is 261 Å². The van der Waals surface area contributed by atoms with E-state index in [2.05, 4.69) is 26.2 Å². The number of allylic oxidation sites excluding steroid dienone is 2. The first-order valence-electron chi connectivity index (χ1n) is 36.2. The van der Waals surface area contributed by atoms with Crippen LogP contribution in [0.2, 0.25) is 19.6 Å². The third kappa shape index (κ3) is 26.1. The molecule has 2 unspecified atom stereocenters. The summed E-state index contributed by atoms with van der Waals surface area (Å²) >= 11 is 0. The van der Waals surface area contributed by atoms with Crippen LogP contribution < -0.4 is 21.3 Å². The van der Waals surface area contributed by atoms with Crippen molar-refractivity contribution in [1.29, 1.82) is 0 Å². The Morgan fingerprint density at radius 2 is 0.980 bits per heavy atom. The van der Waals surface area contributed by atoms with E-state index in [0.717, 1.165) is 26.1 Å². The van der Waals surface area contributed by atoms with Gasteiger partial charge in [-0.25, -0.2) is 0 Å². The summed E-state index contributed by atoms with van der Waals surface area (Å²) in [6.07, 6.45) is 4.23. The van der Waals surface area contributed by atoms with E-state index in [1.165, 1.54) is 104 Å². The summed E-state index contributed by atoms with van der Waals surface area (Å²) in [5.74, 6) is -9.27. The highest BCUT2D eigenvalue weighted by molar-refractivity contribution is 6.69. The Hall–Kier alpha value is -6.03. The van der Waals surface area contributed by atoms with E-state index in [-0.39, 0.29) is 50.0 Å². The van der Waals surface area contributed by atoms with Crippen LogP contribution in [0.25, 0.3) is 0 Å². The molecule has 99 heavy (non-hydrogen) atoms. The van der Waals surface area contributed by atoms with Gasteiger partial charge in [0, 0.05) is 69.0 Å². The number of morpholine rings is 1. The number of carbonyl (C=O) groups excluding carboxylic acids is 11. The fourth-order valence-corrected chi connectivity index (χ4v) is 14.1. The van der Waals surface area contributed by atoms with Gasteiger partial charge >= 0.3 is 0 Å². The Balaban J connectivity index is 3.10. The number of ether oxygens (including phenoxy) is 2. The number of likely N-dealkylation sites (N-methyl/N-ethyl adjacent to an activating group) is 7. The summed E-state index contributed by atoms with van der Waals surface area (Å²) < 4.78 is 18.9. The van der Waals surface area contributed by atoms with Crippen molar-refractivity contribution < 1.29 is 66.6 Å². The maximum absolute atomic E-state index is 15.7. The van der Waals surface area contributed by atoms with Crippen LogP contribution in [0.1, 0.15) is 163 Å². The molecule has 2 rings (SSSR count). The van der Waals surface area contributed by atoms with Crippen LogP contribution in [-0.2, 0) is 66.6 Å². The van der Waals surface area contributed by atoms with Crippen molar-refractivity contribution in [1.82, 2.24) is 60.5 Å². The third-order valence-electron chi connectivity index (χ3n) is 19.0. The number of hydrogen-bond donors (Lipinski definition) is 4. The van der Waals surface area contributed by atoms with Gasteiger partial charge in [-0.15, -0.1) is 0 Å². The molecule has 2 aliphatic rings. The number of nitrogens with zero attached hydrogens (tertiary/aromatic N) is 8. The number of amides is 11. The van der Waals surface area contributed by atoms with Crippen molar-refractivity contribution in [2.75, 3.05) is 88.8 Å². The minimum Gasteiger partial charge on any atom is -0.412 e. The molecule has 0 aromatic carbocycles. The van der Waals surface area contributed by atoms with Crippen molar-refractivity contribution >= 4 is 73.3 Å². The summed E-state index contributed by atoms with van der Waals surface area (Å²) in [5, 5.41) is 11.3. The molecule has 0 radical (unpaired) electrons. The SMILES string of the molecule is C/C=C/C[C@@H](C)[C@@H](O[Si](C)(C)C)[C@H]1C(=O)N[C@@H](CC)C(=O)N(C)[C@H](C)C(=O)N(C)[C@@H]([C@@H](C)OCCCCN2CCOCC2)C(=O)N[C@@H](C(C)C)C(=O)N(C)[C@@H](CC(C)C)C(=O)NC(C)C(=O)N[C@H](C)C(=O)N(C)[C@@H](CC(C)C)C(=O)N(C)[C@@H](CC(C)C)C(=O)N(C)C(C(C)C)C(=O)N1C. The van der Waals surface area contributed by atoms with Gasteiger partial charge in [-0.05, 0) is 141 Å². The molecule has 568 valence electrons. The molecular formula is C72H132N12O14Si. The molecular weight excluding hydrogens is 1280 g/mol. The lowest BCUT2D eigenvalue weighted by Gasteiger charge is -2.43. The maximum atomic E-state index is 15.7. The zero-order valence-electron chi connectivity index (χ0n) is 65.6. The third-order valence-corrected chi connectivity index (χ3v) is 20.0. The minimum absolute atomic E-state index is 0.0360. The van der Waals surface area contributed by atoms with Gasteiger partial charge in [-0.3, -0.25) is 57.6 Å². The second-order valence-corrected chi connectivity index (χ2v) is 35.2.